The fourth-order valence-corrected chi connectivity index (χ4v) is 2.60. The lowest BCUT2D eigenvalue weighted by molar-refractivity contribution is 1.18. The van der Waals surface area contributed by atoms with Gasteiger partial charge in [0.1, 0.15) is 5.17 Å². The van der Waals surface area contributed by atoms with Gasteiger partial charge in [-0.1, -0.05) is 48.4 Å². The number of nitrogens with zero attached hydrogens (tertiary/aromatic N) is 1. The number of rotatable bonds is 4. The first kappa shape index (κ1) is 15.7. The molecule has 0 aliphatic carbocycles. The zero-order valence-electron chi connectivity index (χ0n) is 12.4. The van der Waals surface area contributed by atoms with E-state index in [1.807, 2.05) is 19.1 Å². The molecule has 1 rings (SSSR count). The third-order valence-corrected chi connectivity index (χ3v) is 3.13. The summed E-state index contributed by atoms with van der Waals surface area (Å²) >= 11 is 6.41. The first-order chi connectivity index (χ1) is 8.99. The van der Waals surface area contributed by atoms with Crippen LogP contribution in [0.15, 0.2) is 41.1 Å². The molecule has 0 N–H and O–H groups in total. The minimum atomic E-state index is 0.563. The van der Waals surface area contributed by atoms with Gasteiger partial charge in [0, 0.05) is 5.56 Å². The normalized spacial score (nSPS) is 13.4. The van der Waals surface area contributed by atoms with Crippen molar-refractivity contribution in [2.45, 2.75) is 41.0 Å². The molecule has 102 valence electrons. The van der Waals surface area contributed by atoms with Crippen LogP contribution in [-0.2, 0) is 0 Å². The summed E-state index contributed by atoms with van der Waals surface area (Å²) in [6.45, 7) is 10.3. The Bertz CT molecular complexity index is 513. The molecule has 0 spiro atoms. The fraction of sp³-hybridized carbons (Fsp3) is 0.353. The molecule has 0 fully saturated rings. The number of aliphatic imine (C=N–C) groups is 1. The number of halogens is 1. The van der Waals surface area contributed by atoms with Crippen molar-refractivity contribution in [1.29, 1.82) is 0 Å². The quantitative estimate of drug-likeness (QED) is 0.510. The maximum absolute atomic E-state index is 6.41. The molecular formula is C17H22ClN. The lowest BCUT2D eigenvalue weighted by Gasteiger charge is -2.10. The standard InChI is InChI=1S/C17H22ClN/c1-6-8-15(9-7-2)19-17(18)16-13(4)10-12(3)11-14(16)5/h6,8-11H,7H2,1-5H3/b8-6-,15-9+,19-17?. The summed E-state index contributed by atoms with van der Waals surface area (Å²) in [6.07, 6.45) is 6.97. The van der Waals surface area contributed by atoms with E-state index in [2.05, 4.69) is 50.9 Å². The van der Waals surface area contributed by atoms with Crippen LogP contribution in [0.3, 0.4) is 0 Å². The average molecular weight is 276 g/mol. The Morgan fingerprint density at radius 3 is 2.26 bits per heavy atom. The van der Waals surface area contributed by atoms with Crippen molar-refractivity contribution >= 4 is 16.8 Å². The van der Waals surface area contributed by atoms with Crippen LogP contribution in [0, 0.1) is 20.8 Å². The van der Waals surface area contributed by atoms with Crippen LogP contribution in [0.1, 0.15) is 42.5 Å². The summed E-state index contributed by atoms with van der Waals surface area (Å²) in [7, 11) is 0. The topological polar surface area (TPSA) is 12.4 Å². The first-order valence-electron chi connectivity index (χ1n) is 6.64. The third kappa shape index (κ3) is 4.36. The van der Waals surface area contributed by atoms with Gasteiger partial charge in [-0.05, 0) is 51.3 Å². The van der Waals surface area contributed by atoms with Crippen molar-refractivity contribution < 1.29 is 0 Å². The number of hydrogen-bond donors (Lipinski definition) is 0. The van der Waals surface area contributed by atoms with Crippen LogP contribution in [-0.4, -0.2) is 5.17 Å². The number of hydrogen-bond acceptors (Lipinski definition) is 1. The molecule has 1 aromatic carbocycles. The second-order valence-corrected chi connectivity index (χ2v) is 5.07. The van der Waals surface area contributed by atoms with Crippen LogP contribution in [0.25, 0.3) is 0 Å². The second-order valence-electron chi connectivity index (χ2n) is 4.71. The van der Waals surface area contributed by atoms with Gasteiger partial charge in [0.2, 0.25) is 0 Å². The van der Waals surface area contributed by atoms with Crippen molar-refractivity contribution in [2.24, 2.45) is 4.99 Å². The molecule has 0 aliphatic rings. The molecule has 0 heterocycles. The maximum Gasteiger partial charge on any atom is 0.137 e. The Hall–Kier alpha value is -1.34. The van der Waals surface area contributed by atoms with Gasteiger partial charge in [0.25, 0.3) is 0 Å². The smallest absolute Gasteiger partial charge is 0.137 e. The van der Waals surface area contributed by atoms with Gasteiger partial charge in [-0.15, -0.1) is 0 Å². The Kier molecular flexibility index (Phi) is 6.04. The van der Waals surface area contributed by atoms with E-state index in [9.17, 15) is 0 Å². The molecule has 0 radical (unpaired) electrons. The molecule has 0 amide bonds. The summed E-state index contributed by atoms with van der Waals surface area (Å²) in [5, 5.41) is 0.563. The van der Waals surface area contributed by atoms with E-state index < -0.39 is 0 Å². The third-order valence-electron chi connectivity index (χ3n) is 2.86. The summed E-state index contributed by atoms with van der Waals surface area (Å²) in [5.41, 5.74) is 5.54. The summed E-state index contributed by atoms with van der Waals surface area (Å²) in [5.74, 6) is 0. The predicted octanol–water partition coefficient (Wildman–Crippen LogP) is 5.47. The van der Waals surface area contributed by atoms with Gasteiger partial charge in [-0.2, -0.15) is 0 Å². The molecule has 0 unspecified atom stereocenters. The van der Waals surface area contributed by atoms with E-state index in [0.29, 0.717) is 5.17 Å². The Balaban J connectivity index is 3.26. The van der Waals surface area contributed by atoms with Crippen molar-refractivity contribution in [3.63, 3.8) is 0 Å². The molecule has 0 saturated heterocycles. The highest BCUT2D eigenvalue weighted by atomic mass is 35.5. The second kappa shape index (κ2) is 7.30. The highest BCUT2D eigenvalue weighted by Gasteiger charge is 2.09. The highest BCUT2D eigenvalue weighted by molar-refractivity contribution is 6.70. The molecule has 0 aromatic heterocycles. The largest absolute Gasteiger partial charge is 0.236 e. The van der Waals surface area contributed by atoms with Gasteiger partial charge in [0.05, 0.1) is 5.70 Å². The van der Waals surface area contributed by atoms with Crippen LogP contribution in [0.4, 0.5) is 0 Å². The zero-order chi connectivity index (χ0) is 14.4. The molecule has 1 aromatic rings. The molecule has 0 aliphatic heterocycles. The van der Waals surface area contributed by atoms with E-state index in [4.69, 9.17) is 11.6 Å². The molecule has 1 nitrogen and oxygen atoms in total. The average Bonchev–Trinajstić information content (AvgIpc) is 2.27. The molecule has 0 atom stereocenters. The summed E-state index contributed by atoms with van der Waals surface area (Å²) in [6, 6.07) is 4.28. The van der Waals surface area contributed by atoms with E-state index in [1.165, 1.54) is 16.7 Å². The predicted molar refractivity (Wildman–Crippen MR) is 86.2 cm³/mol. The monoisotopic (exact) mass is 275 g/mol. The summed E-state index contributed by atoms with van der Waals surface area (Å²) in [4.78, 5) is 4.53. The molecule has 0 saturated carbocycles. The van der Waals surface area contributed by atoms with Crippen LogP contribution in [0.5, 0.6) is 0 Å². The number of benzene rings is 1. The lowest BCUT2D eigenvalue weighted by Crippen LogP contribution is -2.00. The van der Waals surface area contributed by atoms with E-state index >= 15 is 0 Å². The highest BCUT2D eigenvalue weighted by Crippen LogP contribution is 2.20. The van der Waals surface area contributed by atoms with Crippen molar-refractivity contribution in [1.82, 2.24) is 0 Å². The van der Waals surface area contributed by atoms with Gasteiger partial charge in [-0.3, -0.25) is 0 Å². The lowest BCUT2D eigenvalue weighted by atomic mass is 10.0. The van der Waals surface area contributed by atoms with Gasteiger partial charge >= 0.3 is 0 Å². The van der Waals surface area contributed by atoms with Gasteiger partial charge in [0.15, 0.2) is 0 Å². The Morgan fingerprint density at radius 1 is 1.21 bits per heavy atom. The Morgan fingerprint density at radius 2 is 1.79 bits per heavy atom. The van der Waals surface area contributed by atoms with Crippen molar-refractivity contribution in [3.8, 4) is 0 Å². The van der Waals surface area contributed by atoms with E-state index in [1.54, 1.807) is 0 Å². The molecule has 2 heteroatoms. The molecular weight excluding hydrogens is 254 g/mol. The molecule has 0 bridgehead atoms. The summed E-state index contributed by atoms with van der Waals surface area (Å²) < 4.78 is 0. The SMILES string of the molecule is C/C=C\C(=C/CC)N=C(Cl)c1c(C)cc(C)cc1C. The van der Waals surface area contributed by atoms with Crippen LogP contribution < -0.4 is 0 Å². The zero-order valence-corrected chi connectivity index (χ0v) is 13.2. The minimum Gasteiger partial charge on any atom is -0.236 e. The van der Waals surface area contributed by atoms with E-state index in [0.717, 1.165) is 17.7 Å². The van der Waals surface area contributed by atoms with E-state index in [-0.39, 0.29) is 0 Å². The van der Waals surface area contributed by atoms with Crippen molar-refractivity contribution in [3.05, 3.63) is 58.3 Å². The minimum absolute atomic E-state index is 0.563. The van der Waals surface area contributed by atoms with Crippen LogP contribution in [0.2, 0.25) is 0 Å². The first-order valence-corrected chi connectivity index (χ1v) is 7.02. The van der Waals surface area contributed by atoms with Crippen molar-refractivity contribution in [2.75, 3.05) is 0 Å². The Labute approximate surface area is 121 Å². The van der Waals surface area contributed by atoms with Gasteiger partial charge in [-0.25, -0.2) is 4.99 Å². The maximum atomic E-state index is 6.41. The number of aryl methyl sites for hydroxylation is 3. The van der Waals surface area contributed by atoms with Crippen LogP contribution >= 0.6 is 11.6 Å². The van der Waals surface area contributed by atoms with Gasteiger partial charge < -0.3 is 0 Å². The fourth-order valence-electron chi connectivity index (χ4n) is 2.21. The number of allylic oxidation sites excluding steroid dienone is 3. The molecule has 19 heavy (non-hydrogen) atoms.